The largest absolute Gasteiger partial charge is 0.335 e. The number of amides is 2. The van der Waals surface area contributed by atoms with Crippen molar-refractivity contribution >= 4 is 28.3 Å². The van der Waals surface area contributed by atoms with Crippen LogP contribution in [-0.4, -0.2) is 45.1 Å². The normalized spacial score (nSPS) is 15.5. The monoisotopic (exact) mass is 375 g/mol. The second kappa shape index (κ2) is 8.44. The maximum absolute atomic E-state index is 12.4. The molecule has 0 fully saturated rings. The minimum Gasteiger partial charge on any atom is -0.335 e. The first-order chi connectivity index (χ1) is 12.5. The summed E-state index contributed by atoms with van der Waals surface area (Å²) in [4.78, 5) is 32.1. The summed E-state index contributed by atoms with van der Waals surface area (Å²) in [5.74, 6) is -0.384. The van der Waals surface area contributed by atoms with Gasteiger partial charge in [0.1, 0.15) is 6.04 Å². The Balaban J connectivity index is 1.56. The van der Waals surface area contributed by atoms with Crippen LogP contribution in [0.15, 0.2) is 18.5 Å². The molecule has 0 saturated heterocycles. The Kier molecular flexibility index (Phi) is 6.03. The minimum absolute atomic E-state index is 0.00527. The number of rotatable bonds is 5. The summed E-state index contributed by atoms with van der Waals surface area (Å²) >= 11 is 1.57. The fourth-order valence-corrected chi connectivity index (χ4v) is 4.22. The van der Waals surface area contributed by atoms with Crippen molar-refractivity contribution in [1.82, 2.24) is 19.7 Å². The molecule has 2 aromatic rings. The molecule has 2 heterocycles. The number of fused-ring (bicyclic) bond motifs is 1. The Morgan fingerprint density at radius 2 is 2.08 bits per heavy atom. The van der Waals surface area contributed by atoms with Crippen LogP contribution in [0.1, 0.15) is 49.2 Å². The van der Waals surface area contributed by atoms with Crippen LogP contribution in [0.2, 0.25) is 0 Å². The maximum Gasteiger partial charge on any atom is 0.247 e. The highest BCUT2D eigenvalue weighted by Crippen LogP contribution is 2.28. The van der Waals surface area contributed by atoms with Crippen LogP contribution in [-0.2, 0) is 22.4 Å². The van der Waals surface area contributed by atoms with Crippen molar-refractivity contribution in [1.29, 1.82) is 0 Å². The highest BCUT2D eigenvalue weighted by Gasteiger charge is 2.22. The summed E-state index contributed by atoms with van der Waals surface area (Å²) < 4.78 is 1.58. The number of anilines is 1. The van der Waals surface area contributed by atoms with E-state index in [1.807, 2.05) is 0 Å². The van der Waals surface area contributed by atoms with Crippen LogP contribution in [0, 0.1) is 0 Å². The van der Waals surface area contributed by atoms with Gasteiger partial charge in [-0.2, -0.15) is 5.10 Å². The number of aryl methyl sites for hydroxylation is 2. The molecule has 0 bridgehead atoms. The second-order valence-electron chi connectivity index (χ2n) is 6.71. The molecule has 0 saturated carbocycles. The summed E-state index contributed by atoms with van der Waals surface area (Å²) in [5.41, 5.74) is 1.13. The lowest BCUT2D eigenvalue weighted by molar-refractivity contribution is -0.136. The Morgan fingerprint density at radius 1 is 1.31 bits per heavy atom. The van der Waals surface area contributed by atoms with Crippen molar-refractivity contribution in [3.8, 4) is 0 Å². The first kappa shape index (κ1) is 18.6. The summed E-state index contributed by atoms with van der Waals surface area (Å²) in [6.07, 6.45) is 10.3. The SMILES string of the molecule is CC(C(=O)N(C)CC(=O)Nc1nc2c(s1)CCCCCC2)n1cccn1. The zero-order valence-electron chi connectivity index (χ0n) is 15.3. The number of hydrogen-bond acceptors (Lipinski definition) is 5. The van der Waals surface area contributed by atoms with E-state index in [-0.39, 0.29) is 18.4 Å². The fourth-order valence-electron chi connectivity index (χ4n) is 3.15. The number of thiazole rings is 1. The van der Waals surface area contributed by atoms with Crippen molar-refractivity contribution in [3.05, 3.63) is 29.0 Å². The van der Waals surface area contributed by atoms with Crippen LogP contribution in [0.5, 0.6) is 0 Å². The molecular weight excluding hydrogens is 350 g/mol. The third-order valence-corrected chi connectivity index (χ3v) is 5.70. The quantitative estimate of drug-likeness (QED) is 0.871. The molecule has 2 aromatic heterocycles. The number of likely N-dealkylation sites (N-methyl/N-ethyl adjacent to an activating group) is 1. The van der Waals surface area contributed by atoms with Crippen LogP contribution < -0.4 is 5.32 Å². The van der Waals surface area contributed by atoms with Gasteiger partial charge < -0.3 is 10.2 Å². The molecule has 0 spiro atoms. The fraction of sp³-hybridized carbons (Fsp3) is 0.556. The first-order valence-electron chi connectivity index (χ1n) is 9.07. The molecule has 1 aliphatic rings. The van der Waals surface area contributed by atoms with Gasteiger partial charge in [-0.1, -0.05) is 12.8 Å². The molecule has 1 aliphatic carbocycles. The molecule has 140 valence electrons. The van der Waals surface area contributed by atoms with Gasteiger partial charge in [-0.05, 0) is 38.7 Å². The number of carbonyl (C=O) groups excluding carboxylic acids is 2. The molecule has 7 nitrogen and oxygen atoms in total. The van der Waals surface area contributed by atoms with E-state index in [4.69, 9.17) is 0 Å². The number of nitrogens with zero attached hydrogens (tertiary/aromatic N) is 4. The van der Waals surface area contributed by atoms with Crippen molar-refractivity contribution in [2.75, 3.05) is 18.9 Å². The van der Waals surface area contributed by atoms with E-state index in [2.05, 4.69) is 15.4 Å². The third-order valence-electron chi connectivity index (χ3n) is 4.63. The topological polar surface area (TPSA) is 80.1 Å². The molecular formula is C18H25N5O2S. The molecule has 2 amide bonds. The van der Waals surface area contributed by atoms with E-state index < -0.39 is 6.04 Å². The zero-order chi connectivity index (χ0) is 18.5. The Bertz CT molecular complexity index is 730. The zero-order valence-corrected chi connectivity index (χ0v) is 16.1. The van der Waals surface area contributed by atoms with Crippen molar-refractivity contribution in [2.24, 2.45) is 0 Å². The van der Waals surface area contributed by atoms with E-state index in [0.29, 0.717) is 5.13 Å². The van der Waals surface area contributed by atoms with Crippen molar-refractivity contribution in [3.63, 3.8) is 0 Å². The van der Waals surface area contributed by atoms with Crippen LogP contribution in [0.25, 0.3) is 0 Å². The molecule has 26 heavy (non-hydrogen) atoms. The van der Waals surface area contributed by atoms with Crippen LogP contribution in [0.3, 0.4) is 0 Å². The van der Waals surface area contributed by atoms with Gasteiger partial charge in [0.15, 0.2) is 5.13 Å². The number of aromatic nitrogens is 3. The van der Waals surface area contributed by atoms with Crippen LogP contribution >= 0.6 is 11.3 Å². The van der Waals surface area contributed by atoms with Gasteiger partial charge in [0.05, 0.1) is 12.2 Å². The smallest absolute Gasteiger partial charge is 0.247 e. The summed E-state index contributed by atoms with van der Waals surface area (Å²) in [5, 5.41) is 7.57. The van der Waals surface area contributed by atoms with Crippen LogP contribution in [0.4, 0.5) is 5.13 Å². The van der Waals surface area contributed by atoms with E-state index in [1.165, 1.54) is 29.0 Å². The molecule has 1 atom stereocenters. The lowest BCUT2D eigenvalue weighted by Crippen LogP contribution is -2.38. The predicted molar refractivity (Wildman–Crippen MR) is 101 cm³/mol. The predicted octanol–water partition coefficient (Wildman–Crippen LogP) is 2.66. The first-order valence-corrected chi connectivity index (χ1v) is 9.89. The Hall–Kier alpha value is -2.22. The maximum atomic E-state index is 12.4. The van der Waals surface area contributed by atoms with E-state index >= 15 is 0 Å². The van der Waals surface area contributed by atoms with E-state index in [0.717, 1.165) is 25.0 Å². The highest BCUT2D eigenvalue weighted by atomic mass is 32.1. The molecule has 8 heteroatoms. The summed E-state index contributed by atoms with van der Waals surface area (Å²) in [6.45, 7) is 1.76. The molecule has 1 unspecified atom stereocenters. The Morgan fingerprint density at radius 3 is 2.81 bits per heavy atom. The molecule has 0 aliphatic heterocycles. The van der Waals surface area contributed by atoms with Gasteiger partial charge in [-0.3, -0.25) is 14.3 Å². The number of nitrogens with one attached hydrogen (secondary N) is 1. The summed E-state index contributed by atoms with van der Waals surface area (Å²) in [7, 11) is 1.63. The standard InChI is InChI=1S/C18H25N5O2S/c1-13(23-11-7-10-19-23)17(25)22(2)12-16(24)21-18-20-14-8-5-3-4-6-9-15(14)26-18/h7,10-11,13H,3-6,8-9,12H2,1-2H3,(H,20,21,24). The molecule has 0 aromatic carbocycles. The lowest BCUT2D eigenvalue weighted by Gasteiger charge is -2.20. The van der Waals surface area contributed by atoms with Gasteiger partial charge in [0.25, 0.3) is 0 Å². The van der Waals surface area contributed by atoms with Gasteiger partial charge >= 0.3 is 0 Å². The Labute approximate surface area is 157 Å². The van der Waals surface area contributed by atoms with E-state index in [9.17, 15) is 9.59 Å². The molecule has 3 rings (SSSR count). The number of carbonyl (C=O) groups is 2. The molecule has 0 radical (unpaired) electrons. The van der Waals surface area contributed by atoms with Gasteiger partial charge in [-0.15, -0.1) is 11.3 Å². The summed E-state index contributed by atoms with van der Waals surface area (Å²) in [6, 6.07) is 1.33. The number of hydrogen-bond donors (Lipinski definition) is 1. The highest BCUT2D eigenvalue weighted by molar-refractivity contribution is 7.15. The average molecular weight is 375 g/mol. The van der Waals surface area contributed by atoms with Gasteiger partial charge in [0, 0.05) is 24.3 Å². The van der Waals surface area contributed by atoms with Gasteiger partial charge in [-0.25, -0.2) is 4.98 Å². The second-order valence-corrected chi connectivity index (χ2v) is 7.79. The molecule has 1 N–H and O–H groups in total. The third kappa shape index (κ3) is 4.49. The van der Waals surface area contributed by atoms with Crippen molar-refractivity contribution in [2.45, 2.75) is 51.5 Å². The minimum atomic E-state index is -0.442. The lowest BCUT2D eigenvalue weighted by atomic mass is 10.0. The average Bonchev–Trinajstić information content (AvgIpc) is 3.24. The van der Waals surface area contributed by atoms with Gasteiger partial charge in [0.2, 0.25) is 11.8 Å². The van der Waals surface area contributed by atoms with Crippen molar-refractivity contribution < 1.29 is 9.59 Å². The van der Waals surface area contributed by atoms with E-state index in [1.54, 1.807) is 48.5 Å².